The Kier molecular flexibility index (Phi) is 6.76. The van der Waals surface area contributed by atoms with Crippen molar-refractivity contribution in [3.8, 4) is 5.75 Å². The number of hydrogen-bond donors (Lipinski definition) is 1. The zero-order valence-corrected chi connectivity index (χ0v) is 19.6. The Labute approximate surface area is 193 Å². The van der Waals surface area contributed by atoms with Gasteiger partial charge in [-0.3, -0.25) is 9.59 Å². The van der Waals surface area contributed by atoms with E-state index in [2.05, 4.69) is 12.2 Å². The van der Waals surface area contributed by atoms with E-state index in [-0.39, 0.29) is 23.9 Å². The first-order valence-corrected chi connectivity index (χ1v) is 11.6. The van der Waals surface area contributed by atoms with Crippen LogP contribution in [0, 0.1) is 0 Å². The maximum absolute atomic E-state index is 13.3. The van der Waals surface area contributed by atoms with Crippen LogP contribution in [0.25, 0.3) is 0 Å². The maximum atomic E-state index is 13.3. The Morgan fingerprint density at radius 1 is 1.31 bits per heavy atom. The summed E-state index contributed by atoms with van der Waals surface area (Å²) < 4.78 is 12.8. The number of nitrogens with zero attached hydrogens (tertiary/aromatic N) is 2. The van der Waals surface area contributed by atoms with E-state index >= 15 is 0 Å². The third-order valence-corrected chi connectivity index (χ3v) is 6.77. The molecular formula is C24H30ClN3O4. The van der Waals surface area contributed by atoms with Gasteiger partial charge in [0.1, 0.15) is 11.4 Å². The topological polar surface area (TPSA) is 72.8 Å². The lowest BCUT2D eigenvalue weighted by Crippen LogP contribution is -2.35. The lowest BCUT2D eigenvalue weighted by molar-refractivity contribution is 0.0683. The largest absolute Gasteiger partial charge is 0.495 e. The molecule has 1 aromatic heterocycles. The molecule has 0 spiro atoms. The van der Waals surface area contributed by atoms with Crippen LogP contribution >= 0.6 is 11.6 Å². The van der Waals surface area contributed by atoms with Crippen molar-refractivity contribution < 1.29 is 19.1 Å². The van der Waals surface area contributed by atoms with E-state index in [1.165, 1.54) is 0 Å². The maximum Gasteiger partial charge on any atom is 0.270 e. The summed E-state index contributed by atoms with van der Waals surface area (Å²) in [7, 11) is 1.57. The van der Waals surface area contributed by atoms with Gasteiger partial charge in [0.15, 0.2) is 0 Å². The lowest BCUT2D eigenvalue weighted by Gasteiger charge is -2.24. The van der Waals surface area contributed by atoms with Gasteiger partial charge in [-0.15, -0.1) is 0 Å². The first-order chi connectivity index (χ1) is 15.4. The van der Waals surface area contributed by atoms with Gasteiger partial charge in [0.05, 0.1) is 42.6 Å². The van der Waals surface area contributed by atoms with Crippen molar-refractivity contribution in [2.45, 2.75) is 58.3 Å². The molecule has 2 unspecified atom stereocenters. The minimum absolute atomic E-state index is 0.00817. The van der Waals surface area contributed by atoms with Crippen LogP contribution in [0.4, 0.5) is 0 Å². The molecule has 2 atom stereocenters. The molecule has 1 saturated heterocycles. The molecule has 2 aliphatic heterocycles. The molecule has 2 aromatic rings. The third-order valence-electron chi connectivity index (χ3n) is 6.48. The van der Waals surface area contributed by atoms with Crippen LogP contribution < -0.4 is 10.1 Å². The molecule has 0 aliphatic carbocycles. The number of nitrogens with one attached hydrogen (secondary N) is 1. The highest BCUT2D eigenvalue weighted by atomic mass is 35.5. The quantitative estimate of drug-likeness (QED) is 0.703. The first-order valence-electron chi connectivity index (χ1n) is 11.2. The zero-order chi connectivity index (χ0) is 22.8. The van der Waals surface area contributed by atoms with Gasteiger partial charge in [-0.2, -0.15) is 0 Å². The van der Waals surface area contributed by atoms with Gasteiger partial charge in [0.25, 0.3) is 11.8 Å². The number of fused-ring (bicyclic) bond motifs is 1. The van der Waals surface area contributed by atoms with Gasteiger partial charge >= 0.3 is 0 Å². The fourth-order valence-corrected chi connectivity index (χ4v) is 4.90. The van der Waals surface area contributed by atoms with Crippen molar-refractivity contribution in [3.05, 3.63) is 51.8 Å². The van der Waals surface area contributed by atoms with Crippen LogP contribution in [0.1, 0.15) is 71.3 Å². The Balaban J connectivity index is 1.61. The average molecular weight is 460 g/mol. The molecule has 8 heteroatoms. The van der Waals surface area contributed by atoms with Crippen molar-refractivity contribution in [3.63, 3.8) is 0 Å². The number of methoxy groups -OCH3 is 1. The second-order valence-corrected chi connectivity index (χ2v) is 8.82. The van der Waals surface area contributed by atoms with Crippen LogP contribution in [0.15, 0.2) is 24.3 Å². The molecule has 1 fully saturated rings. The molecule has 4 rings (SSSR count). The molecule has 0 bridgehead atoms. The Hall–Kier alpha value is -2.51. The molecule has 0 saturated carbocycles. The highest BCUT2D eigenvalue weighted by molar-refractivity contribution is 6.32. The fraction of sp³-hybridized carbons (Fsp3) is 0.500. The summed E-state index contributed by atoms with van der Waals surface area (Å²) in [6, 6.07) is 7.26. The van der Waals surface area contributed by atoms with Gasteiger partial charge in [-0.05, 0) is 49.9 Å². The second-order valence-electron chi connectivity index (χ2n) is 8.41. The zero-order valence-electron chi connectivity index (χ0n) is 18.8. The minimum Gasteiger partial charge on any atom is -0.495 e. The molecule has 0 radical (unpaired) electrons. The van der Waals surface area contributed by atoms with Gasteiger partial charge in [0, 0.05) is 19.1 Å². The van der Waals surface area contributed by atoms with Gasteiger partial charge in [0.2, 0.25) is 0 Å². The highest BCUT2D eigenvalue weighted by Crippen LogP contribution is 2.30. The number of likely N-dealkylation sites (tertiary alicyclic amines) is 1. The van der Waals surface area contributed by atoms with Gasteiger partial charge in [-0.25, -0.2) is 0 Å². The Morgan fingerprint density at radius 2 is 2.12 bits per heavy atom. The Morgan fingerprint density at radius 3 is 2.78 bits per heavy atom. The number of rotatable bonds is 6. The van der Waals surface area contributed by atoms with Gasteiger partial charge < -0.3 is 24.3 Å². The first kappa shape index (κ1) is 22.7. The van der Waals surface area contributed by atoms with Crippen molar-refractivity contribution >= 4 is 23.4 Å². The predicted octanol–water partition coefficient (Wildman–Crippen LogP) is 4.19. The van der Waals surface area contributed by atoms with Crippen LogP contribution in [0.5, 0.6) is 5.75 Å². The average Bonchev–Trinajstić information content (AvgIpc) is 3.40. The number of hydrogen-bond acceptors (Lipinski definition) is 4. The monoisotopic (exact) mass is 459 g/mol. The molecule has 32 heavy (non-hydrogen) atoms. The summed E-state index contributed by atoms with van der Waals surface area (Å²) in [5, 5.41) is 3.61. The van der Waals surface area contributed by atoms with Crippen LogP contribution in [-0.4, -0.2) is 47.6 Å². The van der Waals surface area contributed by atoms with Crippen molar-refractivity contribution in [2.24, 2.45) is 0 Å². The van der Waals surface area contributed by atoms with E-state index in [4.69, 9.17) is 21.1 Å². The second kappa shape index (κ2) is 9.55. The van der Waals surface area contributed by atoms with E-state index in [0.29, 0.717) is 48.2 Å². The standard InChI is InChI=1S/C24H30ClN3O4/c1-4-19(16-7-8-22(31-3)18(25)12-16)26-23(29)17-13-20(28-10-11-32-14-21(17)28)24(30)27-9-5-6-15(27)2/h7-8,12-13,15,19H,4-6,9-11,14H2,1-3H3,(H,26,29). The summed E-state index contributed by atoms with van der Waals surface area (Å²) >= 11 is 6.29. The van der Waals surface area contributed by atoms with E-state index in [1.807, 2.05) is 28.5 Å². The number of benzene rings is 1. The molecule has 1 N–H and O–H groups in total. The predicted molar refractivity (Wildman–Crippen MR) is 122 cm³/mol. The van der Waals surface area contributed by atoms with Crippen LogP contribution in [0.3, 0.4) is 0 Å². The van der Waals surface area contributed by atoms with Crippen molar-refractivity contribution in [1.82, 2.24) is 14.8 Å². The molecule has 7 nitrogen and oxygen atoms in total. The van der Waals surface area contributed by atoms with E-state index in [9.17, 15) is 9.59 Å². The molecule has 1 aromatic carbocycles. The number of carbonyl (C=O) groups excluding carboxylic acids is 2. The summed E-state index contributed by atoms with van der Waals surface area (Å²) in [5.41, 5.74) is 2.73. The molecule has 172 valence electrons. The molecular weight excluding hydrogens is 430 g/mol. The molecule has 3 heterocycles. The number of aromatic nitrogens is 1. The molecule has 2 aliphatic rings. The summed E-state index contributed by atoms with van der Waals surface area (Å²) in [6.07, 6.45) is 2.72. The van der Waals surface area contributed by atoms with E-state index in [0.717, 1.165) is 30.6 Å². The smallest absolute Gasteiger partial charge is 0.270 e. The summed E-state index contributed by atoms with van der Waals surface area (Å²) in [6.45, 7) is 6.25. The number of ether oxygens (including phenoxy) is 2. The SMILES string of the molecule is CCC(NC(=O)c1cc(C(=O)N2CCCC2C)n2c1COCC2)c1ccc(OC)c(Cl)c1. The van der Waals surface area contributed by atoms with Gasteiger partial charge in [-0.1, -0.05) is 24.6 Å². The third kappa shape index (κ3) is 4.24. The van der Waals surface area contributed by atoms with E-state index < -0.39 is 0 Å². The van der Waals surface area contributed by atoms with E-state index in [1.54, 1.807) is 19.2 Å². The summed E-state index contributed by atoms with van der Waals surface area (Å²) in [5.74, 6) is 0.368. The number of carbonyl (C=O) groups is 2. The number of amides is 2. The molecule has 2 amide bonds. The highest BCUT2D eigenvalue weighted by Gasteiger charge is 2.32. The summed E-state index contributed by atoms with van der Waals surface area (Å²) in [4.78, 5) is 28.5. The van der Waals surface area contributed by atoms with Crippen LogP contribution in [0.2, 0.25) is 5.02 Å². The van der Waals surface area contributed by atoms with Crippen LogP contribution in [-0.2, 0) is 17.9 Å². The number of halogens is 1. The minimum atomic E-state index is -0.219. The fourth-order valence-electron chi connectivity index (χ4n) is 4.64. The van der Waals surface area contributed by atoms with Crippen molar-refractivity contribution in [1.29, 1.82) is 0 Å². The lowest BCUT2D eigenvalue weighted by atomic mass is 10.0. The Bertz CT molecular complexity index is 1020. The normalized spacial score (nSPS) is 18.9. The van der Waals surface area contributed by atoms with Crippen molar-refractivity contribution in [2.75, 3.05) is 20.3 Å².